The molecular formula is C26H31N5O2. The van der Waals surface area contributed by atoms with Gasteiger partial charge in [0.1, 0.15) is 0 Å². The van der Waals surface area contributed by atoms with Gasteiger partial charge in [-0.2, -0.15) is 5.10 Å². The van der Waals surface area contributed by atoms with Crippen LogP contribution < -0.4 is 10.6 Å². The molecule has 2 aliphatic rings. The molecule has 0 radical (unpaired) electrons. The van der Waals surface area contributed by atoms with Crippen molar-refractivity contribution in [1.29, 1.82) is 0 Å². The smallest absolute Gasteiger partial charge is 0.255 e. The zero-order chi connectivity index (χ0) is 22.6. The van der Waals surface area contributed by atoms with E-state index in [9.17, 15) is 9.59 Å². The maximum atomic E-state index is 12.9. The molecule has 2 saturated heterocycles. The molecular weight excluding hydrogens is 414 g/mol. The lowest BCUT2D eigenvalue weighted by Crippen LogP contribution is -2.43. The van der Waals surface area contributed by atoms with Gasteiger partial charge in [-0.1, -0.05) is 24.6 Å². The standard InChI is InChI=1S/C26H31N5O2/c32-25(28-17-22-8-4-5-12-27-22)23-18-29-31-15-11-21(16-24(23)31)19-9-13-30(14-10-19)26(33)20-6-2-1-3-7-20/h1-3,6-7,11,15-16,18-19,22,27H,4-5,8-10,12-14,17H2,(H,28,32)/t22-/m0/s1. The molecule has 5 rings (SSSR count). The fourth-order valence-corrected chi connectivity index (χ4v) is 5.01. The molecule has 2 amide bonds. The average Bonchev–Trinajstić information content (AvgIpc) is 3.31. The Labute approximate surface area is 194 Å². The molecule has 1 aromatic carbocycles. The van der Waals surface area contributed by atoms with Crippen molar-refractivity contribution < 1.29 is 9.59 Å². The number of rotatable bonds is 5. The predicted molar refractivity (Wildman–Crippen MR) is 127 cm³/mol. The normalized spacial score (nSPS) is 19.5. The molecule has 1 atom stereocenters. The first-order chi connectivity index (χ1) is 16.2. The van der Waals surface area contributed by atoms with Crippen LogP contribution in [0.3, 0.4) is 0 Å². The van der Waals surface area contributed by atoms with Gasteiger partial charge in [0.15, 0.2) is 0 Å². The molecule has 2 aromatic heterocycles. The number of aromatic nitrogens is 2. The number of nitrogens with one attached hydrogen (secondary N) is 2. The fraction of sp³-hybridized carbons (Fsp3) is 0.423. The number of nitrogens with zero attached hydrogens (tertiary/aromatic N) is 3. The Bertz CT molecular complexity index is 1110. The Balaban J connectivity index is 1.24. The summed E-state index contributed by atoms with van der Waals surface area (Å²) in [6.07, 6.45) is 8.94. The summed E-state index contributed by atoms with van der Waals surface area (Å²) < 4.78 is 1.77. The van der Waals surface area contributed by atoms with Crippen molar-refractivity contribution in [3.05, 3.63) is 71.5 Å². The van der Waals surface area contributed by atoms with Crippen LogP contribution in [-0.2, 0) is 0 Å². The van der Waals surface area contributed by atoms with Crippen LogP contribution in [0.25, 0.3) is 5.52 Å². The lowest BCUT2D eigenvalue weighted by molar-refractivity contribution is 0.0712. The van der Waals surface area contributed by atoms with E-state index in [-0.39, 0.29) is 11.8 Å². The van der Waals surface area contributed by atoms with Crippen LogP contribution in [0.5, 0.6) is 0 Å². The summed E-state index contributed by atoms with van der Waals surface area (Å²) in [5.74, 6) is 0.400. The summed E-state index contributed by atoms with van der Waals surface area (Å²) in [5, 5.41) is 10.9. The second-order valence-corrected chi connectivity index (χ2v) is 9.14. The van der Waals surface area contributed by atoms with E-state index in [1.807, 2.05) is 41.4 Å². The van der Waals surface area contributed by atoms with Gasteiger partial charge >= 0.3 is 0 Å². The van der Waals surface area contributed by atoms with E-state index in [0.29, 0.717) is 24.1 Å². The zero-order valence-corrected chi connectivity index (χ0v) is 18.9. The van der Waals surface area contributed by atoms with Gasteiger partial charge in [0, 0.05) is 37.4 Å². The molecule has 0 saturated carbocycles. The SMILES string of the molecule is O=C(NC[C@@H]1CCCCN1)c1cnn2ccc(C3CCN(C(=O)c4ccccc4)CC3)cc12. The van der Waals surface area contributed by atoms with Crippen LogP contribution in [0.1, 0.15) is 64.3 Å². The van der Waals surface area contributed by atoms with Crippen molar-refractivity contribution in [3.63, 3.8) is 0 Å². The van der Waals surface area contributed by atoms with Crippen molar-refractivity contribution >= 4 is 17.3 Å². The van der Waals surface area contributed by atoms with Crippen LogP contribution in [-0.4, -0.2) is 58.5 Å². The van der Waals surface area contributed by atoms with Gasteiger partial charge in [-0.3, -0.25) is 9.59 Å². The van der Waals surface area contributed by atoms with Gasteiger partial charge in [0.05, 0.1) is 17.3 Å². The Morgan fingerprint density at radius 3 is 2.64 bits per heavy atom. The number of amides is 2. The van der Waals surface area contributed by atoms with Crippen molar-refractivity contribution in [2.75, 3.05) is 26.2 Å². The van der Waals surface area contributed by atoms with Gasteiger partial charge in [-0.05, 0) is 68.0 Å². The van der Waals surface area contributed by atoms with Crippen molar-refractivity contribution in [3.8, 4) is 0 Å². The first-order valence-corrected chi connectivity index (χ1v) is 12.0. The maximum Gasteiger partial charge on any atom is 0.255 e. The Hall–Kier alpha value is -3.19. The number of pyridine rings is 1. The summed E-state index contributed by atoms with van der Waals surface area (Å²) in [5.41, 5.74) is 3.40. The van der Waals surface area contributed by atoms with E-state index >= 15 is 0 Å². The minimum atomic E-state index is -0.0715. The van der Waals surface area contributed by atoms with E-state index in [4.69, 9.17) is 0 Å². The Morgan fingerprint density at radius 1 is 1.06 bits per heavy atom. The molecule has 7 heteroatoms. The number of piperidine rings is 2. The largest absolute Gasteiger partial charge is 0.350 e. The van der Waals surface area contributed by atoms with Gasteiger partial charge < -0.3 is 15.5 Å². The van der Waals surface area contributed by atoms with Crippen LogP contribution >= 0.6 is 0 Å². The van der Waals surface area contributed by atoms with Crippen LogP contribution in [0, 0.1) is 0 Å². The maximum absolute atomic E-state index is 12.9. The van der Waals surface area contributed by atoms with Crippen molar-refractivity contribution in [1.82, 2.24) is 25.1 Å². The van der Waals surface area contributed by atoms with Crippen LogP contribution in [0.4, 0.5) is 0 Å². The number of hydrogen-bond acceptors (Lipinski definition) is 4. The summed E-state index contributed by atoms with van der Waals surface area (Å²) in [6, 6.07) is 14.0. The summed E-state index contributed by atoms with van der Waals surface area (Å²) in [7, 11) is 0. The fourth-order valence-electron chi connectivity index (χ4n) is 5.01. The van der Waals surface area contributed by atoms with Crippen LogP contribution in [0.15, 0.2) is 54.9 Å². The van der Waals surface area contributed by atoms with E-state index in [1.165, 1.54) is 18.4 Å². The van der Waals surface area contributed by atoms with E-state index in [1.54, 1.807) is 10.7 Å². The molecule has 0 spiro atoms. The predicted octanol–water partition coefficient (Wildman–Crippen LogP) is 3.23. The molecule has 3 aromatic rings. The third-order valence-electron chi connectivity index (χ3n) is 6.99. The minimum absolute atomic E-state index is 0.0715. The molecule has 0 unspecified atom stereocenters. The number of carbonyl (C=O) groups is 2. The second-order valence-electron chi connectivity index (χ2n) is 9.14. The van der Waals surface area contributed by atoms with Gasteiger partial charge in [0.25, 0.3) is 11.8 Å². The third kappa shape index (κ3) is 4.78. The summed E-state index contributed by atoms with van der Waals surface area (Å²) in [4.78, 5) is 27.6. The van der Waals surface area contributed by atoms with Gasteiger partial charge in [-0.15, -0.1) is 0 Å². The first kappa shape index (κ1) is 21.6. The molecule has 2 fully saturated rings. The highest BCUT2D eigenvalue weighted by molar-refractivity contribution is 6.00. The van der Waals surface area contributed by atoms with E-state index in [0.717, 1.165) is 50.0 Å². The minimum Gasteiger partial charge on any atom is -0.350 e. The number of carbonyl (C=O) groups excluding carboxylic acids is 2. The molecule has 0 bridgehead atoms. The summed E-state index contributed by atoms with van der Waals surface area (Å²) in [6.45, 7) is 3.15. The lowest BCUT2D eigenvalue weighted by Gasteiger charge is -2.32. The number of hydrogen-bond donors (Lipinski definition) is 2. The average molecular weight is 446 g/mol. The zero-order valence-electron chi connectivity index (χ0n) is 18.9. The van der Waals surface area contributed by atoms with Crippen molar-refractivity contribution in [2.45, 2.75) is 44.1 Å². The highest BCUT2D eigenvalue weighted by atomic mass is 16.2. The molecule has 2 N–H and O–H groups in total. The third-order valence-corrected chi connectivity index (χ3v) is 6.99. The highest BCUT2D eigenvalue weighted by Crippen LogP contribution is 2.30. The number of fused-ring (bicyclic) bond motifs is 1. The first-order valence-electron chi connectivity index (χ1n) is 12.0. The number of benzene rings is 1. The molecule has 0 aliphatic carbocycles. The topological polar surface area (TPSA) is 78.7 Å². The molecule has 2 aliphatic heterocycles. The molecule has 172 valence electrons. The summed E-state index contributed by atoms with van der Waals surface area (Å²) >= 11 is 0. The highest BCUT2D eigenvalue weighted by Gasteiger charge is 2.25. The number of likely N-dealkylation sites (tertiary alicyclic amines) is 1. The van der Waals surface area contributed by atoms with E-state index < -0.39 is 0 Å². The van der Waals surface area contributed by atoms with Crippen LogP contribution in [0.2, 0.25) is 0 Å². The molecule has 7 nitrogen and oxygen atoms in total. The Morgan fingerprint density at radius 2 is 1.88 bits per heavy atom. The lowest BCUT2D eigenvalue weighted by atomic mass is 9.89. The Kier molecular flexibility index (Phi) is 6.39. The van der Waals surface area contributed by atoms with E-state index in [2.05, 4.69) is 27.9 Å². The molecule has 4 heterocycles. The monoisotopic (exact) mass is 445 g/mol. The molecule has 33 heavy (non-hydrogen) atoms. The van der Waals surface area contributed by atoms with Gasteiger partial charge in [-0.25, -0.2) is 4.52 Å². The quantitative estimate of drug-likeness (QED) is 0.632. The van der Waals surface area contributed by atoms with Gasteiger partial charge in [0.2, 0.25) is 0 Å². The second kappa shape index (κ2) is 9.75. The van der Waals surface area contributed by atoms with Crippen molar-refractivity contribution in [2.24, 2.45) is 0 Å².